The maximum atomic E-state index is 14.2. The van der Waals surface area contributed by atoms with E-state index in [1.807, 2.05) is 40.3 Å². The van der Waals surface area contributed by atoms with Gasteiger partial charge in [-0.3, -0.25) is 14.4 Å². The number of carbonyl (C=O) groups excluding carboxylic acids is 2. The minimum Gasteiger partial charge on any atom is -0.500 e. The quantitative estimate of drug-likeness (QED) is 0.159. The zero-order valence-corrected chi connectivity index (χ0v) is 34.4. The molecule has 2 unspecified atom stereocenters. The lowest BCUT2D eigenvalue weighted by Crippen LogP contribution is -2.54. The van der Waals surface area contributed by atoms with Crippen LogP contribution in [-0.2, 0) is 19.2 Å². The van der Waals surface area contributed by atoms with Crippen molar-refractivity contribution in [3.63, 3.8) is 0 Å². The Balaban J connectivity index is 1.61. The summed E-state index contributed by atoms with van der Waals surface area (Å²) in [5, 5.41) is 29.6. The van der Waals surface area contributed by atoms with Crippen molar-refractivity contribution in [2.45, 2.75) is 103 Å². The molecule has 4 N–H and O–H groups in total. The van der Waals surface area contributed by atoms with Crippen LogP contribution < -0.4 is 10.6 Å². The van der Waals surface area contributed by atoms with E-state index in [9.17, 15) is 19.8 Å². The Morgan fingerprint density at radius 1 is 1.17 bits per heavy atom. The summed E-state index contributed by atoms with van der Waals surface area (Å²) in [6, 6.07) is -0.795. The minimum atomic E-state index is -0.891. The highest BCUT2D eigenvalue weighted by atomic mass is 35.5. The first-order valence-corrected chi connectivity index (χ1v) is 20.3. The van der Waals surface area contributed by atoms with Crippen molar-refractivity contribution < 1.29 is 29.4 Å². The Labute approximate surface area is 323 Å². The van der Waals surface area contributed by atoms with E-state index in [2.05, 4.69) is 53.4 Å². The fourth-order valence-electron chi connectivity index (χ4n) is 8.89. The predicted octanol–water partition coefficient (Wildman–Crippen LogP) is 4.47. The van der Waals surface area contributed by atoms with Gasteiger partial charge in [-0.1, -0.05) is 39.0 Å². The van der Waals surface area contributed by atoms with Gasteiger partial charge in [-0.25, -0.2) is 0 Å². The third-order valence-electron chi connectivity index (χ3n) is 11.6. The van der Waals surface area contributed by atoms with Gasteiger partial charge in [0.1, 0.15) is 17.9 Å². The SMILES string of the molecule is COC1=C(CN2O[C@@H](CO)[C@@H]([C@H](C)O)[C@H]2C(=O)N[C@H]2C[C@H](CCCl)CC[C@@H]2C)C=CCC1C1C=C(C(=O)N[C@@H](CC(C)C)CN(C)C)C=C(N(C)C)C1. The topological polar surface area (TPSA) is 127 Å². The third-order valence-corrected chi connectivity index (χ3v) is 11.8. The normalized spacial score (nSPS) is 30.6. The van der Waals surface area contributed by atoms with Gasteiger partial charge < -0.3 is 35.4 Å². The molecule has 0 spiro atoms. The van der Waals surface area contributed by atoms with E-state index in [1.165, 1.54) is 0 Å². The predicted molar refractivity (Wildman–Crippen MR) is 211 cm³/mol. The number of alkyl halides is 1. The van der Waals surface area contributed by atoms with Crippen molar-refractivity contribution in [2.24, 2.45) is 35.5 Å². The first kappa shape index (κ1) is 43.3. The van der Waals surface area contributed by atoms with Crippen molar-refractivity contribution in [3.8, 4) is 0 Å². The average Bonchev–Trinajstić information content (AvgIpc) is 3.47. The first-order chi connectivity index (χ1) is 25.2. The van der Waals surface area contributed by atoms with Gasteiger partial charge in [-0.15, -0.1) is 11.6 Å². The molecular formula is C41H68ClN5O6. The summed E-state index contributed by atoms with van der Waals surface area (Å²) >= 11 is 6.09. The molecule has 3 aliphatic carbocycles. The Hall–Kier alpha value is -2.41. The van der Waals surface area contributed by atoms with Gasteiger partial charge in [0.05, 0.1) is 26.4 Å². The van der Waals surface area contributed by atoms with Crippen molar-refractivity contribution in [1.29, 1.82) is 0 Å². The second kappa shape index (κ2) is 20.0. The fourth-order valence-corrected chi connectivity index (χ4v) is 9.20. The van der Waals surface area contributed by atoms with E-state index >= 15 is 0 Å². The van der Waals surface area contributed by atoms with Crippen LogP contribution in [0.25, 0.3) is 0 Å². The van der Waals surface area contributed by atoms with Gasteiger partial charge in [0.15, 0.2) is 0 Å². The Morgan fingerprint density at radius 2 is 1.91 bits per heavy atom. The molecule has 4 rings (SSSR count). The molecule has 1 heterocycles. The molecule has 0 aromatic heterocycles. The highest BCUT2D eigenvalue weighted by Gasteiger charge is 2.50. The highest BCUT2D eigenvalue weighted by Crippen LogP contribution is 2.41. The number of halogens is 1. The van der Waals surface area contributed by atoms with Gasteiger partial charge in [-0.2, -0.15) is 5.06 Å². The van der Waals surface area contributed by atoms with Crippen molar-refractivity contribution in [1.82, 2.24) is 25.5 Å². The summed E-state index contributed by atoms with van der Waals surface area (Å²) < 4.78 is 6.18. The monoisotopic (exact) mass is 761 g/mol. The van der Waals surface area contributed by atoms with E-state index in [1.54, 1.807) is 19.1 Å². The number of ether oxygens (including phenoxy) is 1. The molecule has 0 aromatic rings. The number of amides is 2. The van der Waals surface area contributed by atoms with Gasteiger partial charge in [0, 0.05) is 67.3 Å². The zero-order valence-electron chi connectivity index (χ0n) is 33.7. The van der Waals surface area contributed by atoms with Crippen LogP contribution in [0.3, 0.4) is 0 Å². The molecule has 1 aliphatic heterocycles. The van der Waals surface area contributed by atoms with Crippen molar-refractivity contribution >= 4 is 23.4 Å². The largest absolute Gasteiger partial charge is 0.500 e. The van der Waals surface area contributed by atoms with Gasteiger partial charge in [0.25, 0.3) is 5.91 Å². The minimum absolute atomic E-state index is 0.00572. The smallest absolute Gasteiger partial charge is 0.251 e. The summed E-state index contributed by atoms with van der Waals surface area (Å²) in [5.74, 6) is 1.62. The molecule has 2 amide bonds. The molecule has 2 fully saturated rings. The first-order valence-electron chi connectivity index (χ1n) is 19.7. The number of hydrogen-bond donors (Lipinski definition) is 4. The van der Waals surface area contributed by atoms with Crippen LogP contribution >= 0.6 is 11.6 Å². The molecular weight excluding hydrogens is 694 g/mol. The second-order valence-corrected chi connectivity index (χ2v) is 17.2. The number of allylic oxidation sites excluding steroid dienone is 4. The molecule has 0 aromatic carbocycles. The van der Waals surface area contributed by atoms with E-state index < -0.39 is 24.2 Å². The molecule has 11 nitrogen and oxygen atoms in total. The van der Waals surface area contributed by atoms with Crippen LogP contribution in [0.15, 0.2) is 46.9 Å². The fraction of sp³-hybridized carbons (Fsp3) is 0.756. The molecule has 53 heavy (non-hydrogen) atoms. The van der Waals surface area contributed by atoms with Gasteiger partial charge in [0.2, 0.25) is 5.91 Å². The van der Waals surface area contributed by atoms with Crippen LogP contribution in [0.5, 0.6) is 0 Å². The van der Waals surface area contributed by atoms with E-state index in [0.29, 0.717) is 29.2 Å². The lowest BCUT2D eigenvalue weighted by molar-refractivity contribution is -0.172. The number of hydrogen-bond acceptors (Lipinski definition) is 9. The molecule has 1 saturated carbocycles. The number of aliphatic hydroxyl groups excluding tert-OH is 2. The van der Waals surface area contributed by atoms with Crippen molar-refractivity contribution in [2.75, 3.05) is 60.9 Å². The number of carbonyl (C=O) groups is 2. The van der Waals surface area contributed by atoms with Crippen LogP contribution in [0, 0.1) is 35.5 Å². The van der Waals surface area contributed by atoms with Crippen LogP contribution in [-0.4, -0.2) is 128 Å². The van der Waals surface area contributed by atoms with Gasteiger partial charge >= 0.3 is 0 Å². The van der Waals surface area contributed by atoms with E-state index in [0.717, 1.165) is 68.5 Å². The number of likely N-dealkylation sites (N-methyl/N-ethyl adjacent to an activating group) is 1. The van der Waals surface area contributed by atoms with E-state index in [4.69, 9.17) is 21.2 Å². The van der Waals surface area contributed by atoms with Crippen molar-refractivity contribution in [3.05, 3.63) is 46.9 Å². The lowest BCUT2D eigenvalue weighted by atomic mass is 9.77. The number of hydroxylamine groups is 2. The summed E-state index contributed by atoms with van der Waals surface area (Å²) in [7, 11) is 9.74. The standard InChI is InChI=1S/C41H68ClN5O6/c1-25(2)17-32(23-45(5)6)43-40(50)31-19-30(20-33(21-31)46(7)8)34-12-10-11-29(39(34)52-9)22-47-38(37(27(4)49)36(24-48)53-47)41(51)44-35-18-28(15-16-42)14-13-26(35)3/h10-11,19,21,25-28,30,32,34-38,48-49H,12-18,20,22-24H2,1-9H3,(H,43,50)(H,44,51)/t26-,27-,28-,30?,32-,34?,35-,36-,37+,38-/m0/s1. The zero-order chi connectivity index (χ0) is 39.0. The lowest BCUT2D eigenvalue weighted by Gasteiger charge is -2.37. The molecule has 12 heteroatoms. The molecule has 0 radical (unpaired) electrons. The Morgan fingerprint density at radius 3 is 2.51 bits per heavy atom. The summed E-state index contributed by atoms with van der Waals surface area (Å²) in [4.78, 5) is 38.6. The number of nitrogens with zero attached hydrogens (tertiary/aromatic N) is 3. The van der Waals surface area contributed by atoms with Gasteiger partial charge in [-0.05, 0) is 95.7 Å². The van der Waals surface area contributed by atoms with E-state index in [-0.39, 0.29) is 48.9 Å². The maximum Gasteiger partial charge on any atom is 0.251 e. The number of rotatable bonds is 17. The highest BCUT2D eigenvalue weighted by molar-refractivity contribution is 6.17. The van der Waals surface area contributed by atoms with Crippen LogP contribution in [0.1, 0.15) is 72.6 Å². The molecule has 1 saturated heterocycles. The Kier molecular flexibility index (Phi) is 16.3. The third kappa shape index (κ3) is 11.3. The molecule has 300 valence electrons. The second-order valence-electron chi connectivity index (χ2n) is 16.8. The number of nitrogens with one attached hydrogen (secondary N) is 2. The molecule has 10 atom stereocenters. The molecule has 0 bridgehead atoms. The average molecular weight is 762 g/mol. The maximum absolute atomic E-state index is 14.2. The summed E-state index contributed by atoms with van der Waals surface area (Å²) in [5.41, 5.74) is 2.58. The number of aliphatic hydroxyl groups is 2. The summed E-state index contributed by atoms with van der Waals surface area (Å²) in [6.45, 7) is 8.84. The van der Waals surface area contributed by atoms with Crippen LogP contribution in [0.2, 0.25) is 0 Å². The summed E-state index contributed by atoms with van der Waals surface area (Å²) in [6.07, 6.45) is 12.9. The van der Waals surface area contributed by atoms with Crippen LogP contribution in [0.4, 0.5) is 0 Å². The Bertz CT molecular complexity index is 1350. The number of methoxy groups -OCH3 is 1. The molecule has 4 aliphatic rings.